The van der Waals surface area contributed by atoms with Crippen molar-refractivity contribution in [2.45, 2.75) is 31.5 Å². The summed E-state index contributed by atoms with van der Waals surface area (Å²) in [6, 6.07) is 7.10. The first-order valence-corrected chi connectivity index (χ1v) is 10.7. The Morgan fingerprint density at radius 2 is 1.82 bits per heavy atom. The Labute approximate surface area is 188 Å². The highest BCUT2D eigenvalue weighted by atomic mass is 19.4. The number of hydrogen-bond acceptors (Lipinski definition) is 4. The minimum atomic E-state index is -4.49. The summed E-state index contributed by atoms with van der Waals surface area (Å²) in [5.41, 5.74) is -0.312. The topological polar surface area (TPSA) is 80.6 Å². The molecule has 1 saturated heterocycles. The van der Waals surface area contributed by atoms with Gasteiger partial charge in [-0.2, -0.15) is 13.2 Å². The van der Waals surface area contributed by atoms with Crippen molar-refractivity contribution in [1.82, 2.24) is 9.47 Å². The molecule has 10 heteroatoms. The fraction of sp³-hybridized carbons (Fsp3) is 0.435. The summed E-state index contributed by atoms with van der Waals surface area (Å²) in [4.78, 5) is 39.8. The predicted octanol–water partition coefficient (Wildman–Crippen LogP) is 3.10. The summed E-state index contributed by atoms with van der Waals surface area (Å²) in [6.45, 7) is 1.88. The lowest BCUT2D eigenvalue weighted by Crippen LogP contribution is -2.49. The lowest BCUT2D eigenvalue weighted by molar-refractivity contribution is -0.137. The number of halogens is 3. The molecule has 0 saturated carbocycles. The van der Waals surface area contributed by atoms with Crippen LogP contribution in [0.2, 0.25) is 0 Å². The van der Waals surface area contributed by atoms with Gasteiger partial charge in [0, 0.05) is 43.9 Å². The number of carbonyl (C=O) groups excluding carboxylic acids is 2. The second-order valence-corrected chi connectivity index (χ2v) is 8.46. The number of carbonyl (C=O) groups is 2. The van der Waals surface area contributed by atoms with Crippen molar-refractivity contribution in [3.8, 4) is 0 Å². The smallest absolute Gasteiger partial charge is 0.384 e. The highest BCUT2D eigenvalue weighted by Gasteiger charge is 2.36. The number of rotatable bonds is 5. The van der Waals surface area contributed by atoms with Gasteiger partial charge in [-0.1, -0.05) is 0 Å². The van der Waals surface area contributed by atoms with Crippen LogP contribution in [0.5, 0.6) is 0 Å². The van der Waals surface area contributed by atoms with Gasteiger partial charge in [0.2, 0.25) is 5.91 Å². The van der Waals surface area contributed by atoms with Gasteiger partial charge in [-0.25, -0.2) is 0 Å². The highest BCUT2D eigenvalue weighted by Crippen LogP contribution is 2.35. The number of piperidine rings is 1. The second-order valence-electron chi connectivity index (χ2n) is 8.46. The first-order chi connectivity index (χ1) is 15.7. The van der Waals surface area contributed by atoms with Crippen LogP contribution >= 0.6 is 0 Å². The number of pyridine rings is 1. The molecule has 2 bridgehead atoms. The van der Waals surface area contributed by atoms with Crippen LogP contribution in [0.1, 0.15) is 40.4 Å². The predicted molar refractivity (Wildman–Crippen MR) is 114 cm³/mol. The van der Waals surface area contributed by atoms with Crippen LogP contribution in [-0.4, -0.2) is 48.1 Å². The molecule has 2 atom stereocenters. The van der Waals surface area contributed by atoms with Gasteiger partial charge < -0.3 is 19.5 Å². The highest BCUT2D eigenvalue weighted by molar-refractivity contribution is 6.04. The van der Waals surface area contributed by atoms with Crippen LogP contribution in [0.3, 0.4) is 0 Å². The molecule has 1 aromatic carbocycles. The minimum absolute atomic E-state index is 0.0206. The molecule has 1 aromatic heterocycles. The van der Waals surface area contributed by atoms with E-state index in [-0.39, 0.29) is 34.6 Å². The van der Waals surface area contributed by atoms with E-state index in [1.165, 1.54) is 6.07 Å². The lowest BCUT2D eigenvalue weighted by atomic mass is 9.83. The van der Waals surface area contributed by atoms with Crippen LogP contribution in [0.15, 0.2) is 41.2 Å². The minimum Gasteiger partial charge on any atom is -0.384 e. The number of methoxy groups -OCH3 is 1. The van der Waals surface area contributed by atoms with Gasteiger partial charge in [0.05, 0.1) is 18.6 Å². The molecule has 3 heterocycles. The van der Waals surface area contributed by atoms with Crippen molar-refractivity contribution in [2.75, 3.05) is 32.1 Å². The number of nitrogens with zero attached hydrogens (tertiary/aromatic N) is 2. The summed E-state index contributed by atoms with van der Waals surface area (Å²) in [6.07, 6.45) is -3.29. The van der Waals surface area contributed by atoms with Crippen LogP contribution in [-0.2, 0) is 22.3 Å². The van der Waals surface area contributed by atoms with Crippen molar-refractivity contribution >= 4 is 17.5 Å². The maximum Gasteiger partial charge on any atom is 0.416 e. The standard InChI is InChI=1S/C23H24F3N3O4/c1-33-9-8-20(30)28-11-14-10-16(13-28)19-7-6-18(22(32)29(19)12-14)27-21(31)15-2-4-17(5-3-15)23(24,25)26/h2-7,14,16H,8-13H2,1H3,(H,27,31)/t14-,16+/m0/s1. The zero-order valence-electron chi connectivity index (χ0n) is 18.0. The maximum atomic E-state index is 13.1. The molecule has 33 heavy (non-hydrogen) atoms. The van der Waals surface area contributed by atoms with Crippen LogP contribution in [0, 0.1) is 5.92 Å². The fourth-order valence-corrected chi connectivity index (χ4v) is 4.60. The first kappa shape index (κ1) is 23.0. The quantitative estimate of drug-likeness (QED) is 0.739. The Balaban J connectivity index is 1.50. The summed E-state index contributed by atoms with van der Waals surface area (Å²) >= 11 is 0. The number of hydrogen-bond donors (Lipinski definition) is 1. The number of fused-ring (bicyclic) bond motifs is 4. The molecule has 2 aliphatic heterocycles. The van der Waals surface area contributed by atoms with E-state index in [4.69, 9.17) is 4.74 Å². The molecule has 2 aliphatic rings. The fourth-order valence-electron chi connectivity index (χ4n) is 4.60. The molecule has 0 radical (unpaired) electrons. The van der Waals surface area contributed by atoms with Gasteiger partial charge in [-0.3, -0.25) is 14.4 Å². The van der Waals surface area contributed by atoms with Gasteiger partial charge >= 0.3 is 6.18 Å². The van der Waals surface area contributed by atoms with Crippen molar-refractivity contribution in [1.29, 1.82) is 0 Å². The van der Waals surface area contributed by atoms with Crippen LogP contribution in [0.4, 0.5) is 18.9 Å². The molecule has 7 nitrogen and oxygen atoms in total. The zero-order chi connectivity index (χ0) is 23.8. The zero-order valence-corrected chi connectivity index (χ0v) is 18.0. The van der Waals surface area contributed by atoms with E-state index in [0.717, 1.165) is 36.4 Å². The molecule has 0 spiro atoms. The third-order valence-corrected chi connectivity index (χ3v) is 6.20. The Morgan fingerprint density at radius 1 is 1.09 bits per heavy atom. The van der Waals surface area contributed by atoms with Gasteiger partial charge in [0.25, 0.3) is 11.5 Å². The van der Waals surface area contributed by atoms with Crippen LogP contribution in [0.25, 0.3) is 0 Å². The van der Waals surface area contributed by atoms with Crippen LogP contribution < -0.4 is 10.9 Å². The van der Waals surface area contributed by atoms with E-state index in [9.17, 15) is 27.6 Å². The van der Waals surface area contributed by atoms with E-state index >= 15 is 0 Å². The molecule has 1 fully saturated rings. The van der Waals surface area contributed by atoms with Crippen molar-refractivity contribution in [3.05, 3.63) is 63.6 Å². The lowest BCUT2D eigenvalue weighted by Gasteiger charge is -2.43. The molecule has 4 rings (SSSR count). The number of ether oxygens (including phenoxy) is 1. The average molecular weight is 463 g/mol. The maximum absolute atomic E-state index is 13.1. The SMILES string of the molecule is COCCC(=O)N1C[C@@H]2C[C@H](C1)c1ccc(NC(=O)c3ccc(C(F)(F)F)cc3)c(=O)n1C2. The Hall–Kier alpha value is -3.14. The molecule has 2 amide bonds. The number of aromatic nitrogens is 1. The van der Waals surface area contributed by atoms with E-state index < -0.39 is 17.6 Å². The first-order valence-electron chi connectivity index (χ1n) is 10.7. The van der Waals surface area contributed by atoms with Gasteiger partial charge in [-0.15, -0.1) is 0 Å². The Morgan fingerprint density at radius 3 is 2.48 bits per heavy atom. The van der Waals surface area contributed by atoms with E-state index in [0.29, 0.717) is 32.7 Å². The van der Waals surface area contributed by atoms with Crippen molar-refractivity contribution in [2.24, 2.45) is 5.92 Å². The summed E-state index contributed by atoms with van der Waals surface area (Å²) in [5, 5.41) is 2.52. The van der Waals surface area contributed by atoms with Gasteiger partial charge in [-0.05, 0) is 48.7 Å². The largest absolute Gasteiger partial charge is 0.416 e. The summed E-state index contributed by atoms with van der Waals surface area (Å²) in [7, 11) is 1.55. The number of alkyl halides is 3. The number of benzene rings is 1. The molecule has 1 N–H and O–H groups in total. The third kappa shape index (κ3) is 4.80. The Kier molecular flexibility index (Phi) is 6.29. The Bertz CT molecular complexity index is 1110. The molecule has 2 aromatic rings. The van der Waals surface area contributed by atoms with Gasteiger partial charge in [0.1, 0.15) is 5.69 Å². The average Bonchev–Trinajstić information content (AvgIpc) is 2.79. The number of likely N-dealkylation sites (tertiary alicyclic amines) is 1. The normalized spacial score (nSPS) is 19.7. The van der Waals surface area contributed by atoms with E-state index in [1.54, 1.807) is 17.7 Å². The van der Waals surface area contributed by atoms with Gasteiger partial charge in [0.15, 0.2) is 0 Å². The molecular weight excluding hydrogens is 439 g/mol. The van der Waals surface area contributed by atoms with E-state index in [1.807, 2.05) is 4.90 Å². The monoisotopic (exact) mass is 463 g/mol. The number of anilines is 1. The van der Waals surface area contributed by atoms with E-state index in [2.05, 4.69) is 5.32 Å². The summed E-state index contributed by atoms with van der Waals surface area (Å²) < 4.78 is 44.8. The second kappa shape index (κ2) is 9.01. The van der Waals surface area contributed by atoms with Crippen molar-refractivity contribution in [3.63, 3.8) is 0 Å². The number of amides is 2. The molecule has 0 unspecified atom stereocenters. The molecule has 0 aliphatic carbocycles. The molecule has 176 valence electrons. The third-order valence-electron chi connectivity index (χ3n) is 6.20. The summed E-state index contributed by atoms with van der Waals surface area (Å²) in [5.74, 6) is -0.479. The molecular formula is C23H24F3N3O4. The van der Waals surface area contributed by atoms with Crippen molar-refractivity contribution < 1.29 is 27.5 Å². The number of nitrogens with one attached hydrogen (secondary N) is 1.